The highest BCUT2D eigenvalue weighted by Crippen LogP contribution is 2.27. The average molecular weight is 306 g/mol. The lowest BCUT2D eigenvalue weighted by Gasteiger charge is -2.14. The van der Waals surface area contributed by atoms with Gasteiger partial charge in [-0.05, 0) is 6.07 Å². The summed E-state index contributed by atoms with van der Waals surface area (Å²) in [5.41, 5.74) is 1.43. The fourth-order valence-corrected chi connectivity index (χ4v) is 2.83. The fourth-order valence-electron chi connectivity index (χ4n) is 1.81. The highest BCUT2D eigenvalue weighted by Gasteiger charge is 2.20. The lowest BCUT2D eigenvalue weighted by molar-refractivity contribution is -0.385. The monoisotopic (exact) mass is 306 g/mol. The van der Waals surface area contributed by atoms with Crippen molar-refractivity contribution in [1.29, 1.82) is 0 Å². The fraction of sp³-hybridized carbons (Fsp3) is 0.429. The van der Waals surface area contributed by atoms with E-state index in [1.165, 1.54) is 17.4 Å². The zero-order valence-corrected chi connectivity index (χ0v) is 13.3. The number of nitrogens with one attached hydrogen (secondary N) is 1. The normalized spacial score (nSPS) is 11.4. The van der Waals surface area contributed by atoms with Crippen LogP contribution in [0.15, 0.2) is 17.5 Å². The van der Waals surface area contributed by atoms with Crippen LogP contribution in [0.2, 0.25) is 0 Å². The molecule has 0 fully saturated rings. The molecule has 2 rings (SSSR count). The third-order valence-corrected chi connectivity index (χ3v) is 3.89. The molecule has 21 heavy (non-hydrogen) atoms. The maximum atomic E-state index is 11.1. The van der Waals surface area contributed by atoms with Crippen molar-refractivity contribution in [2.24, 2.45) is 0 Å². The predicted molar refractivity (Wildman–Crippen MR) is 84.1 cm³/mol. The Morgan fingerprint density at radius 1 is 1.33 bits per heavy atom. The maximum absolute atomic E-state index is 11.1. The second-order valence-electron chi connectivity index (χ2n) is 5.72. The summed E-state index contributed by atoms with van der Waals surface area (Å²) in [4.78, 5) is 19.6. The van der Waals surface area contributed by atoms with Crippen molar-refractivity contribution in [1.82, 2.24) is 9.97 Å². The molecule has 0 saturated carbocycles. The number of hydrogen-bond donors (Lipinski definition) is 1. The lowest BCUT2D eigenvalue weighted by atomic mass is 9.93. The number of aromatic nitrogens is 2. The van der Waals surface area contributed by atoms with Gasteiger partial charge in [-0.3, -0.25) is 10.1 Å². The topological polar surface area (TPSA) is 81.0 Å². The second kappa shape index (κ2) is 5.77. The van der Waals surface area contributed by atoms with E-state index >= 15 is 0 Å². The van der Waals surface area contributed by atoms with Gasteiger partial charge in [0.1, 0.15) is 11.5 Å². The van der Waals surface area contributed by atoms with Gasteiger partial charge in [0.25, 0.3) is 5.69 Å². The minimum Gasteiger partial charge on any atom is -0.373 e. The Labute approximate surface area is 127 Å². The molecule has 0 saturated heterocycles. The van der Waals surface area contributed by atoms with Crippen molar-refractivity contribution in [2.75, 3.05) is 12.4 Å². The van der Waals surface area contributed by atoms with Crippen molar-refractivity contribution in [3.8, 4) is 0 Å². The van der Waals surface area contributed by atoms with Crippen molar-refractivity contribution >= 4 is 22.8 Å². The third kappa shape index (κ3) is 3.55. The maximum Gasteiger partial charge on any atom is 0.291 e. The summed E-state index contributed by atoms with van der Waals surface area (Å²) in [6.07, 6.45) is 0.368. The van der Waals surface area contributed by atoms with Gasteiger partial charge in [-0.1, -0.05) is 20.8 Å². The Kier molecular flexibility index (Phi) is 4.22. The van der Waals surface area contributed by atoms with Gasteiger partial charge in [0.05, 0.1) is 15.6 Å². The smallest absolute Gasteiger partial charge is 0.291 e. The predicted octanol–water partition coefficient (Wildman–Crippen LogP) is 3.38. The van der Waals surface area contributed by atoms with Crippen LogP contribution >= 0.6 is 11.3 Å². The molecule has 0 amide bonds. The van der Waals surface area contributed by atoms with Crippen LogP contribution in [0.1, 0.15) is 37.2 Å². The van der Waals surface area contributed by atoms with Crippen LogP contribution in [0.3, 0.4) is 0 Å². The molecular formula is C14H18N4O2S. The van der Waals surface area contributed by atoms with E-state index in [1.807, 2.05) is 5.38 Å². The molecule has 1 N–H and O–H groups in total. The molecule has 0 bridgehead atoms. The third-order valence-electron chi connectivity index (χ3n) is 3.04. The number of nitrogens with zero attached hydrogens (tertiary/aromatic N) is 3. The molecule has 0 spiro atoms. The Morgan fingerprint density at radius 2 is 2.05 bits per heavy atom. The Balaban J connectivity index is 2.34. The summed E-state index contributed by atoms with van der Waals surface area (Å²) in [6.45, 7) is 6.27. The number of anilines is 1. The van der Waals surface area contributed by atoms with Crippen LogP contribution in [-0.4, -0.2) is 21.9 Å². The van der Waals surface area contributed by atoms with Gasteiger partial charge in [-0.15, -0.1) is 11.3 Å². The molecule has 2 heterocycles. The first-order valence-corrected chi connectivity index (χ1v) is 7.46. The van der Waals surface area contributed by atoms with Crippen LogP contribution in [0.25, 0.3) is 0 Å². The van der Waals surface area contributed by atoms with E-state index < -0.39 is 4.92 Å². The van der Waals surface area contributed by atoms with Gasteiger partial charge < -0.3 is 5.32 Å². The zero-order chi connectivity index (χ0) is 15.6. The Hall–Kier alpha value is -2.02. The lowest BCUT2D eigenvalue weighted by Crippen LogP contribution is -2.11. The van der Waals surface area contributed by atoms with Crippen molar-refractivity contribution in [3.05, 3.63) is 44.0 Å². The Bertz CT molecular complexity index is 661. The molecule has 2 aromatic heterocycles. The first-order chi connectivity index (χ1) is 9.81. The molecule has 0 atom stereocenters. The summed E-state index contributed by atoms with van der Waals surface area (Å²) in [7, 11) is 1.74. The highest BCUT2D eigenvalue weighted by atomic mass is 32.1. The van der Waals surface area contributed by atoms with E-state index in [-0.39, 0.29) is 11.1 Å². The standard InChI is InChI=1S/C14H18N4O2S/c1-14(2,3)11-8-21-13(17-11)7-9-10(18(19)20)5-6-12(15-4)16-9/h5-6,8H,7H2,1-4H3,(H,15,16). The van der Waals surface area contributed by atoms with Gasteiger partial charge in [-0.25, -0.2) is 9.97 Å². The number of rotatable bonds is 4. The van der Waals surface area contributed by atoms with E-state index in [1.54, 1.807) is 13.1 Å². The van der Waals surface area contributed by atoms with E-state index in [0.29, 0.717) is 17.9 Å². The van der Waals surface area contributed by atoms with E-state index in [9.17, 15) is 10.1 Å². The Morgan fingerprint density at radius 3 is 2.57 bits per heavy atom. The molecule has 2 aromatic rings. The van der Waals surface area contributed by atoms with Crippen LogP contribution in [0.4, 0.5) is 11.5 Å². The first-order valence-electron chi connectivity index (χ1n) is 6.58. The molecule has 6 nitrogen and oxygen atoms in total. The molecule has 0 radical (unpaired) electrons. The zero-order valence-electron chi connectivity index (χ0n) is 12.5. The molecule has 7 heteroatoms. The first kappa shape index (κ1) is 15.4. The van der Waals surface area contributed by atoms with Crippen LogP contribution in [-0.2, 0) is 11.8 Å². The average Bonchev–Trinajstić information content (AvgIpc) is 2.86. The summed E-state index contributed by atoms with van der Waals surface area (Å²) >= 11 is 1.51. The molecule has 0 aliphatic rings. The van der Waals surface area contributed by atoms with Crippen LogP contribution < -0.4 is 5.32 Å². The van der Waals surface area contributed by atoms with Crippen molar-refractivity contribution < 1.29 is 4.92 Å². The number of pyridine rings is 1. The molecule has 112 valence electrons. The SMILES string of the molecule is CNc1ccc([N+](=O)[O-])c(Cc2nc(C(C)(C)C)cs2)n1. The molecule has 0 aliphatic heterocycles. The van der Waals surface area contributed by atoms with E-state index in [2.05, 4.69) is 36.1 Å². The van der Waals surface area contributed by atoms with E-state index in [4.69, 9.17) is 0 Å². The van der Waals surface area contributed by atoms with Crippen LogP contribution in [0.5, 0.6) is 0 Å². The highest BCUT2D eigenvalue weighted by molar-refractivity contribution is 7.09. The molecular weight excluding hydrogens is 288 g/mol. The number of nitro groups is 1. The molecule has 0 aromatic carbocycles. The van der Waals surface area contributed by atoms with Gasteiger partial charge in [0.2, 0.25) is 0 Å². The number of hydrogen-bond acceptors (Lipinski definition) is 6. The van der Waals surface area contributed by atoms with Gasteiger partial charge in [-0.2, -0.15) is 0 Å². The summed E-state index contributed by atoms with van der Waals surface area (Å²) in [5, 5.41) is 16.8. The van der Waals surface area contributed by atoms with E-state index in [0.717, 1.165) is 10.7 Å². The molecule has 0 aliphatic carbocycles. The summed E-state index contributed by atoms with van der Waals surface area (Å²) in [5.74, 6) is 0.614. The minimum atomic E-state index is -0.403. The largest absolute Gasteiger partial charge is 0.373 e. The summed E-state index contributed by atoms with van der Waals surface area (Å²) < 4.78 is 0. The van der Waals surface area contributed by atoms with Crippen molar-refractivity contribution in [3.63, 3.8) is 0 Å². The quantitative estimate of drug-likeness (QED) is 0.692. The van der Waals surface area contributed by atoms with Crippen molar-refractivity contribution in [2.45, 2.75) is 32.6 Å². The van der Waals surface area contributed by atoms with Gasteiger partial charge in [0.15, 0.2) is 0 Å². The minimum absolute atomic E-state index is 0.0269. The second-order valence-corrected chi connectivity index (χ2v) is 6.67. The molecule has 0 unspecified atom stereocenters. The summed E-state index contributed by atoms with van der Waals surface area (Å²) in [6, 6.07) is 3.08. The van der Waals surface area contributed by atoms with Gasteiger partial charge >= 0.3 is 0 Å². The van der Waals surface area contributed by atoms with Crippen LogP contribution in [0, 0.1) is 10.1 Å². The van der Waals surface area contributed by atoms with Gasteiger partial charge in [0, 0.05) is 30.3 Å². The number of thiazole rings is 1.